The fourth-order valence-corrected chi connectivity index (χ4v) is 4.63. The number of aromatic nitrogens is 2. The maximum Gasteiger partial charge on any atom is 0.272 e. The number of rotatable bonds is 6. The molecule has 1 N–H and O–H groups in total. The average Bonchev–Trinajstić information content (AvgIpc) is 3.40. The summed E-state index contributed by atoms with van der Waals surface area (Å²) in [6, 6.07) is 10.5. The Labute approximate surface area is 167 Å². The number of benzene rings is 1. The van der Waals surface area contributed by atoms with Gasteiger partial charge in [0.1, 0.15) is 5.82 Å². The van der Waals surface area contributed by atoms with Crippen molar-refractivity contribution < 1.29 is 9.18 Å². The normalized spacial score (nSPS) is 14.3. The third-order valence-corrected chi connectivity index (χ3v) is 6.14. The highest BCUT2D eigenvalue weighted by Crippen LogP contribution is 2.28. The van der Waals surface area contributed by atoms with Crippen molar-refractivity contribution in [3.8, 4) is 5.69 Å². The van der Waals surface area contributed by atoms with E-state index in [2.05, 4.69) is 21.4 Å². The van der Waals surface area contributed by atoms with E-state index in [1.807, 2.05) is 25.5 Å². The Morgan fingerprint density at radius 1 is 1.29 bits per heavy atom. The minimum absolute atomic E-state index is 0.121. The van der Waals surface area contributed by atoms with E-state index in [4.69, 9.17) is 0 Å². The molecule has 0 aliphatic heterocycles. The fourth-order valence-electron chi connectivity index (χ4n) is 3.71. The van der Waals surface area contributed by atoms with Crippen LogP contribution in [0.25, 0.3) is 5.69 Å². The predicted molar refractivity (Wildman–Crippen MR) is 109 cm³/mol. The van der Waals surface area contributed by atoms with Crippen molar-refractivity contribution in [2.45, 2.75) is 25.3 Å². The third-order valence-electron chi connectivity index (χ3n) is 5.17. The highest BCUT2D eigenvalue weighted by Gasteiger charge is 2.27. The maximum atomic E-state index is 13.3. The molecule has 1 aliphatic rings. The van der Waals surface area contributed by atoms with Crippen LogP contribution in [-0.2, 0) is 12.8 Å². The van der Waals surface area contributed by atoms with E-state index < -0.39 is 0 Å². The SMILES string of the molecule is CN(C)C(CNC(=O)c1nn(-c2ccc(F)cc2)c2c1CCC2)c1cccs1. The second-order valence-electron chi connectivity index (χ2n) is 7.22. The first-order valence-electron chi connectivity index (χ1n) is 9.39. The lowest BCUT2D eigenvalue weighted by Crippen LogP contribution is -2.34. The van der Waals surface area contributed by atoms with Crippen molar-refractivity contribution in [1.29, 1.82) is 0 Å². The van der Waals surface area contributed by atoms with Gasteiger partial charge in [-0.2, -0.15) is 5.10 Å². The van der Waals surface area contributed by atoms with Crippen LogP contribution >= 0.6 is 11.3 Å². The Kier molecular flexibility index (Phi) is 5.28. The number of thiophene rings is 1. The highest BCUT2D eigenvalue weighted by molar-refractivity contribution is 7.10. The molecular weight excluding hydrogens is 375 g/mol. The molecule has 0 fully saturated rings. The minimum Gasteiger partial charge on any atom is -0.349 e. The number of amides is 1. The molecule has 1 atom stereocenters. The number of halogens is 1. The molecule has 2 aromatic heterocycles. The number of carbonyl (C=O) groups excluding carboxylic acids is 1. The molecule has 0 saturated heterocycles. The molecule has 1 aliphatic carbocycles. The molecule has 146 valence electrons. The second kappa shape index (κ2) is 7.85. The summed E-state index contributed by atoms with van der Waals surface area (Å²) in [6.07, 6.45) is 2.73. The molecule has 28 heavy (non-hydrogen) atoms. The Morgan fingerprint density at radius 2 is 2.07 bits per heavy atom. The number of nitrogens with one attached hydrogen (secondary N) is 1. The fraction of sp³-hybridized carbons (Fsp3) is 0.333. The third kappa shape index (κ3) is 3.59. The quantitative estimate of drug-likeness (QED) is 0.690. The molecule has 0 spiro atoms. The predicted octanol–water partition coefficient (Wildman–Crippen LogP) is 3.59. The van der Waals surface area contributed by atoms with Gasteiger partial charge in [-0.05, 0) is 69.1 Å². The smallest absolute Gasteiger partial charge is 0.272 e. The van der Waals surface area contributed by atoms with Crippen LogP contribution < -0.4 is 5.32 Å². The van der Waals surface area contributed by atoms with E-state index in [9.17, 15) is 9.18 Å². The summed E-state index contributed by atoms with van der Waals surface area (Å²) in [7, 11) is 4.02. The van der Waals surface area contributed by atoms with E-state index >= 15 is 0 Å². The zero-order valence-corrected chi connectivity index (χ0v) is 16.8. The van der Waals surface area contributed by atoms with Crippen LogP contribution in [0.4, 0.5) is 4.39 Å². The molecule has 4 rings (SSSR count). The highest BCUT2D eigenvalue weighted by atomic mass is 32.1. The monoisotopic (exact) mass is 398 g/mol. The van der Waals surface area contributed by atoms with Crippen molar-refractivity contribution >= 4 is 17.2 Å². The van der Waals surface area contributed by atoms with Crippen molar-refractivity contribution in [2.24, 2.45) is 0 Å². The van der Waals surface area contributed by atoms with Gasteiger partial charge in [0.2, 0.25) is 0 Å². The number of fused-ring (bicyclic) bond motifs is 1. The van der Waals surface area contributed by atoms with Crippen LogP contribution in [0.2, 0.25) is 0 Å². The largest absolute Gasteiger partial charge is 0.349 e. The average molecular weight is 399 g/mol. The zero-order chi connectivity index (χ0) is 19.7. The molecule has 7 heteroatoms. The van der Waals surface area contributed by atoms with Gasteiger partial charge in [-0.25, -0.2) is 9.07 Å². The Hall–Kier alpha value is -2.51. The van der Waals surface area contributed by atoms with Crippen molar-refractivity contribution in [3.05, 3.63) is 69.4 Å². The second-order valence-corrected chi connectivity index (χ2v) is 8.20. The zero-order valence-electron chi connectivity index (χ0n) is 16.0. The first-order chi connectivity index (χ1) is 13.5. The van der Waals surface area contributed by atoms with Gasteiger partial charge < -0.3 is 10.2 Å². The van der Waals surface area contributed by atoms with E-state index in [1.54, 1.807) is 28.2 Å². The number of likely N-dealkylation sites (N-methyl/N-ethyl adjacent to an activating group) is 1. The molecule has 5 nitrogen and oxygen atoms in total. The van der Waals surface area contributed by atoms with Crippen LogP contribution in [-0.4, -0.2) is 41.2 Å². The van der Waals surface area contributed by atoms with Gasteiger partial charge in [0, 0.05) is 22.7 Å². The first-order valence-corrected chi connectivity index (χ1v) is 10.3. The van der Waals surface area contributed by atoms with E-state index in [0.717, 1.165) is 36.2 Å². The van der Waals surface area contributed by atoms with Crippen molar-refractivity contribution in [3.63, 3.8) is 0 Å². The van der Waals surface area contributed by atoms with Gasteiger partial charge in [-0.15, -0.1) is 11.3 Å². The van der Waals surface area contributed by atoms with Crippen LogP contribution in [0.15, 0.2) is 41.8 Å². The summed E-state index contributed by atoms with van der Waals surface area (Å²) in [6.45, 7) is 0.518. The molecule has 0 bridgehead atoms. The van der Waals surface area contributed by atoms with Gasteiger partial charge in [0.25, 0.3) is 5.91 Å². The Morgan fingerprint density at radius 3 is 2.75 bits per heavy atom. The molecular formula is C21H23FN4OS. The van der Waals surface area contributed by atoms with Crippen LogP contribution in [0.1, 0.15) is 39.1 Å². The standard InChI is InChI=1S/C21H23FN4OS/c1-25(2)18(19-7-4-12-28-19)13-23-21(27)20-16-5-3-6-17(16)26(24-20)15-10-8-14(22)9-11-15/h4,7-12,18H,3,5-6,13H2,1-2H3,(H,23,27). The van der Waals surface area contributed by atoms with E-state index in [-0.39, 0.29) is 17.8 Å². The lowest BCUT2D eigenvalue weighted by Gasteiger charge is -2.23. The van der Waals surface area contributed by atoms with Gasteiger partial charge in [-0.1, -0.05) is 6.07 Å². The number of nitrogens with zero attached hydrogens (tertiary/aromatic N) is 3. The Balaban J connectivity index is 1.56. The molecule has 3 aromatic rings. The minimum atomic E-state index is -0.283. The lowest BCUT2D eigenvalue weighted by atomic mass is 10.1. The Bertz CT molecular complexity index is 963. The topological polar surface area (TPSA) is 50.2 Å². The number of hydrogen-bond donors (Lipinski definition) is 1. The molecule has 0 saturated carbocycles. The molecule has 0 radical (unpaired) electrons. The number of hydrogen-bond acceptors (Lipinski definition) is 4. The van der Waals surface area contributed by atoms with Gasteiger partial charge in [-0.3, -0.25) is 4.79 Å². The summed E-state index contributed by atoms with van der Waals surface area (Å²) >= 11 is 1.69. The van der Waals surface area contributed by atoms with Crippen LogP contribution in [0.5, 0.6) is 0 Å². The lowest BCUT2D eigenvalue weighted by molar-refractivity contribution is 0.0936. The summed E-state index contributed by atoms with van der Waals surface area (Å²) in [5, 5.41) is 9.70. The van der Waals surface area contributed by atoms with E-state index in [0.29, 0.717) is 12.2 Å². The van der Waals surface area contributed by atoms with Gasteiger partial charge >= 0.3 is 0 Å². The van der Waals surface area contributed by atoms with Crippen molar-refractivity contribution in [2.75, 3.05) is 20.6 Å². The molecule has 1 amide bonds. The van der Waals surface area contributed by atoms with Crippen LogP contribution in [0, 0.1) is 5.82 Å². The van der Waals surface area contributed by atoms with E-state index in [1.165, 1.54) is 17.0 Å². The summed E-state index contributed by atoms with van der Waals surface area (Å²) < 4.78 is 15.1. The van der Waals surface area contributed by atoms with Crippen LogP contribution in [0.3, 0.4) is 0 Å². The maximum absolute atomic E-state index is 13.3. The molecule has 1 unspecified atom stereocenters. The first kappa shape index (κ1) is 18.8. The van der Waals surface area contributed by atoms with Crippen molar-refractivity contribution in [1.82, 2.24) is 20.0 Å². The molecule has 1 aromatic carbocycles. The number of carbonyl (C=O) groups is 1. The summed E-state index contributed by atoms with van der Waals surface area (Å²) in [5.74, 6) is -0.434. The van der Waals surface area contributed by atoms with Gasteiger partial charge in [0.05, 0.1) is 11.7 Å². The summed E-state index contributed by atoms with van der Waals surface area (Å²) in [5.41, 5.74) is 3.34. The summed E-state index contributed by atoms with van der Waals surface area (Å²) in [4.78, 5) is 16.3. The van der Waals surface area contributed by atoms with Gasteiger partial charge in [0.15, 0.2) is 5.69 Å². The molecule has 2 heterocycles.